The predicted molar refractivity (Wildman–Crippen MR) is 121 cm³/mol. The van der Waals surface area contributed by atoms with Crippen LogP contribution in [-0.4, -0.2) is 43.5 Å². The zero-order valence-corrected chi connectivity index (χ0v) is 17.9. The van der Waals surface area contributed by atoms with Gasteiger partial charge in [-0.3, -0.25) is 4.79 Å². The topological polar surface area (TPSA) is 89.5 Å². The van der Waals surface area contributed by atoms with Crippen LogP contribution in [-0.2, 0) is 6.54 Å². The normalized spacial score (nSPS) is 15.7. The first-order valence-electron chi connectivity index (χ1n) is 10.4. The summed E-state index contributed by atoms with van der Waals surface area (Å²) in [4.78, 5) is 34.5. The number of urea groups is 1. The van der Waals surface area contributed by atoms with Gasteiger partial charge < -0.3 is 19.9 Å². The molecule has 0 aliphatic carbocycles. The molecular formula is C25H24N4O3. The van der Waals surface area contributed by atoms with E-state index in [2.05, 4.69) is 21.8 Å². The zero-order chi connectivity index (χ0) is 22.7. The van der Waals surface area contributed by atoms with Crippen LogP contribution in [0.5, 0.6) is 5.75 Å². The van der Waals surface area contributed by atoms with Crippen molar-refractivity contribution in [1.29, 1.82) is 0 Å². The van der Waals surface area contributed by atoms with Crippen molar-refractivity contribution in [2.45, 2.75) is 32.5 Å². The van der Waals surface area contributed by atoms with Crippen LogP contribution in [0.4, 0.5) is 4.79 Å². The summed E-state index contributed by atoms with van der Waals surface area (Å²) in [5, 5.41) is 9.99. The van der Waals surface area contributed by atoms with Gasteiger partial charge >= 0.3 is 6.03 Å². The van der Waals surface area contributed by atoms with Gasteiger partial charge in [0, 0.05) is 23.7 Å². The quantitative estimate of drug-likeness (QED) is 0.624. The van der Waals surface area contributed by atoms with Gasteiger partial charge in [0.2, 0.25) is 5.75 Å². The Kier molecular flexibility index (Phi) is 5.95. The van der Waals surface area contributed by atoms with Gasteiger partial charge in [0.05, 0.1) is 18.9 Å². The number of H-pyrrole nitrogens is 1. The van der Waals surface area contributed by atoms with Crippen molar-refractivity contribution in [3.8, 4) is 17.6 Å². The van der Waals surface area contributed by atoms with E-state index in [-0.39, 0.29) is 30.4 Å². The SMILES string of the molecule is CC(C)N1C(=O)N(Cc2nc[nH]c(=O)c2O)CC1c1ccc(C#Cc2ccccc2)cc1. The summed E-state index contributed by atoms with van der Waals surface area (Å²) in [5.41, 5.74) is 2.41. The van der Waals surface area contributed by atoms with Crippen LogP contribution >= 0.6 is 0 Å². The molecule has 7 nitrogen and oxygen atoms in total. The second kappa shape index (κ2) is 8.98. The van der Waals surface area contributed by atoms with Crippen molar-refractivity contribution in [2.75, 3.05) is 6.54 Å². The maximum absolute atomic E-state index is 13.1. The number of hydrogen-bond donors (Lipinski definition) is 2. The van der Waals surface area contributed by atoms with Crippen LogP contribution in [0.1, 0.15) is 42.3 Å². The molecule has 0 spiro atoms. The third kappa shape index (κ3) is 4.35. The molecule has 1 unspecified atom stereocenters. The fraction of sp³-hybridized carbons (Fsp3) is 0.240. The molecule has 1 aromatic heterocycles. The molecule has 32 heavy (non-hydrogen) atoms. The van der Waals surface area contributed by atoms with Crippen LogP contribution < -0.4 is 5.56 Å². The number of nitrogens with zero attached hydrogens (tertiary/aromatic N) is 3. The predicted octanol–water partition coefficient (Wildman–Crippen LogP) is 3.26. The molecule has 1 aliphatic heterocycles. The standard InChI is InChI=1S/C25H24N4O3/c1-17(2)29-22(15-28(25(29)32)14-21-23(30)24(31)27-16-26-21)20-12-10-19(11-13-20)9-8-18-6-4-3-5-7-18/h3-7,10-13,16-17,22,30H,14-15H2,1-2H3,(H,26,27,31). The maximum Gasteiger partial charge on any atom is 0.321 e. The molecule has 0 saturated carbocycles. The third-order valence-electron chi connectivity index (χ3n) is 5.44. The summed E-state index contributed by atoms with van der Waals surface area (Å²) in [6.07, 6.45) is 1.23. The Morgan fingerprint density at radius 2 is 1.72 bits per heavy atom. The molecule has 2 N–H and O–H groups in total. The molecule has 2 aromatic carbocycles. The molecule has 4 rings (SSSR count). The lowest BCUT2D eigenvalue weighted by Crippen LogP contribution is -2.37. The summed E-state index contributed by atoms with van der Waals surface area (Å²) in [5.74, 6) is 5.85. The van der Waals surface area contributed by atoms with Crippen LogP contribution in [0.15, 0.2) is 65.7 Å². The van der Waals surface area contributed by atoms with Crippen LogP contribution in [0, 0.1) is 11.8 Å². The van der Waals surface area contributed by atoms with Crippen molar-refractivity contribution in [3.05, 3.63) is 93.7 Å². The molecule has 2 heterocycles. The van der Waals surface area contributed by atoms with E-state index in [1.165, 1.54) is 6.33 Å². The highest BCUT2D eigenvalue weighted by Crippen LogP contribution is 2.32. The van der Waals surface area contributed by atoms with Crippen LogP contribution in [0.2, 0.25) is 0 Å². The Labute approximate surface area is 186 Å². The zero-order valence-electron chi connectivity index (χ0n) is 17.9. The highest BCUT2D eigenvalue weighted by molar-refractivity contribution is 5.78. The Hall–Kier alpha value is -4.05. The summed E-state index contributed by atoms with van der Waals surface area (Å²) in [6.45, 7) is 4.43. The maximum atomic E-state index is 13.1. The van der Waals surface area contributed by atoms with E-state index in [0.29, 0.717) is 6.54 Å². The molecule has 1 saturated heterocycles. The second-order valence-electron chi connectivity index (χ2n) is 7.94. The number of aromatic amines is 1. The van der Waals surface area contributed by atoms with Gasteiger partial charge in [-0.15, -0.1) is 0 Å². The average Bonchev–Trinajstić information content (AvgIpc) is 3.12. The van der Waals surface area contributed by atoms with E-state index >= 15 is 0 Å². The average molecular weight is 428 g/mol. The molecule has 162 valence electrons. The Bertz CT molecular complexity index is 1220. The van der Waals surface area contributed by atoms with Gasteiger partial charge in [-0.2, -0.15) is 0 Å². The van der Waals surface area contributed by atoms with Gasteiger partial charge in [0.25, 0.3) is 5.56 Å². The fourth-order valence-electron chi connectivity index (χ4n) is 3.83. The number of rotatable bonds is 4. The first kappa shape index (κ1) is 21.2. The highest BCUT2D eigenvalue weighted by atomic mass is 16.3. The lowest BCUT2D eigenvalue weighted by Gasteiger charge is -2.27. The molecule has 7 heteroatoms. The van der Waals surface area contributed by atoms with Crippen molar-refractivity contribution in [2.24, 2.45) is 0 Å². The molecule has 0 radical (unpaired) electrons. The number of amides is 2. The van der Waals surface area contributed by atoms with Gasteiger partial charge in [0.15, 0.2) is 0 Å². The minimum absolute atomic E-state index is 0.0178. The van der Waals surface area contributed by atoms with E-state index in [9.17, 15) is 14.7 Å². The fourth-order valence-corrected chi connectivity index (χ4v) is 3.83. The van der Waals surface area contributed by atoms with E-state index in [1.807, 2.05) is 73.3 Å². The number of nitrogens with one attached hydrogen (secondary N) is 1. The Morgan fingerprint density at radius 1 is 1.06 bits per heavy atom. The van der Waals surface area contributed by atoms with Gasteiger partial charge in [0.1, 0.15) is 5.69 Å². The lowest BCUT2D eigenvalue weighted by molar-refractivity contribution is 0.171. The first-order chi connectivity index (χ1) is 15.4. The Morgan fingerprint density at radius 3 is 2.38 bits per heavy atom. The lowest BCUT2D eigenvalue weighted by atomic mass is 10.0. The number of aromatic hydroxyl groups is 1. The van der Waals surface area contributed by atoms with E-state index in [0.717, 1.165) is 16.7 Å². The number of carbonyl (C=O) groups is 1. The molecule has 1 aliphatic rings. The summed E-state index contributed by atoms with van der Waals surface area (Å²) >= 11 is 0. The second-order valence-corrected chi connectivity index (χ2v) is 7.94. The molecular weight excluding hydrogens is 404 g/mol. The van der Waals surface area contributed by atoms with Crippen LogP contribution in [0.25, 0.3) is 0 Å². The Balaban J connectivity index is 1.55. The van der Waals surface area contributed by atoms with Crippen molar-refractivity contribution >= 4 is 6.03 Å². The molecule has 2 amide bonds. The largest absolute Gasteiger partial charge is 0.502 e. The van der Waals surface area contributed by atoms with Crippen LogP contribution in [0.3, 0.4) is 0 Å². The minimum atomic E-state index is -0.619. The molecule has 1 atom stereocenters. The number of aromatic nitrogens is 2. The number of benzene rings is 2. The van der Waals surface area contributed by atoms with E-state index < -0.39 is 11.3 Å². The summed E-state index contributed by atoms with van der Waals surface area (Å²) < 4.78 is 0. The molecule has 1 fully saturated rings. The molecule has 3 aromatic rings. The van der Waals surface area contributed by atoms with Crippen molar-refractivity contribution in [1.82, 2.24) is 19.8 Å². The molecule has 0 bridgehead atoms. The highest BCUT2D eigenvalue weighted by Gasteiger charge is 2.39. The monoisotopic (exact) mass is 428 g/mol. The number of hydrogen-bond acceptors (Lipinski definition) is 4. The minimum Gasteiger partial charge on any atom is -0.502 e. The number of carbonyl (C=O) groups excluding carboxylic acids is 1. The van der Waals surface area contributed by atoms with Gasteiger partial charge in [-0.1, -0.05) is 42.2 Å². The third-order valence-corrected chi connectivity index (χ3v) is 5.44. The van der Waals surface area contributed by atoms with Gasteiger partial charge in [-0.05, 0) is 43.7 Å². The first-order valence-corrected chi connectivity index (χ1v) is 10.4. The smallest absolute Gasteiger partial charge is 0.321 e. The van der Waals surface area contributed by atoms with Crippen molar-refractivity contribution < 1.29 is 9.90 Å². The van der Waals surface area contributed by atoms with Gasteiger partial charge in [-0.25, -0.2) is 9.78 Å². The van der Waals surface area contributed by atoms with E-state index in [4.69, 9.17) is 0 Å². The van der Waals surface area contributed by atoms with E-state index in [1.54, 1.807) is 4.90 Å². The van der Waals surface area contributed by atoms with Crippen molar-refractivity contribution in [3.63, 3.8) is 0 Å². The summed E-state index contributed by atoms with van der Waals surface area (Å²) in [6, 6.07) is 17.4. The summed E-state index contributed by atoms with van der Waals surface area (Å²) in [7, 11) is 0.